The number of para-hydroxylation sites is 2. The predicted molar refractivity (Wildman–Crippen MR) is 97.8 cm³/mol. The number of rotatable bonds is 6. The molecular formula is C18H20N4O3. The van der Waals surface area contributed by atoms with E-state index in [0.29, 0.717) is 5.71 Å². The number of aliphatic hydroxyl groups excluding tert-OH is 2. The third-order valence-corrected chi connectivity index (χ3v) is 3.69. The molecule has 25 heavy (non-hydrogen) atoms. The van der Waals surface area contributed by atoms with Crippen molar-refractivity contribution in [1.82, 2.24) is 0 Å². The van der Waals surface area contributed by atoms with Gasteiger partial charge in [0.25, 0.3) is 0 Å². The van der Waals surface area contributed by atoms with E-state index in [1.165, 1.54) is 6.21 Å². The number of anilines is 2. The van der Waals surface area contributed by atoms with Gasteiger partial charge in [-0.05, 0) is 24.3 Å². The molecule has 0 aliphatic carbocycles. The van der Waals surface area contributed by atoms with Crippen LogP contribution < -0.4 is 10.9 Å². The molecular weight excluding hydrogens is 320 g/mol. The summed E-state index contributed by atoms with van der Waals surface area (Å²) in [5.41, 5.74) is 7.77. The molecule has 7 nitrogen and oxygen atoms in total. The van der Waals surface area contributed by atoms with Crippen LogP contribution in [-0.4, -0.2) is 47.1 Å². The molecule has 0 radical (unpaired) electrons. The molecule has 3 atom stereocenters. The monoisotopic (exact) mass is 340 g/mol. The minimum Gasteiger partial charge on any atom is -0.388 e. The van der Waals surface area contributed by atoms with Gasteiger partial charge in [0.05, 0.1) is 24.2 Å². The van der Waals surface area contributed by atoms with E-state index < -0.39 is 18.3 Å². The molecule has 7 heteroatoms. The van der Waals surface area contributed by atoms with Crippen molar-refractivity contribution in [3.05, 3.63) is 60.7 Å². The maximum Gasteiger partial charge on any atom is 0.131 e. The summed E-state index contributed by atoms with van der Waals surface area (Å²) in [6, 6.07) is 18.8. The highest BCUT2D eigenvalue weighted by Gasteiger charge is 2.37. The fourth-order valence-corrected chi connectivity index (χ4v) is 2.35. The highest BCUT2D eigenvalue weighted by atomic mass is 16.5. The molecule has 1 aliphatic heterocycles. The Balaban J connectivity index is 1.74. The van der Waals surface area contributed by atoms with Gasteiger partial charge in [-0.2, -0.15) is 10.2 Å². The van der Waals surface area contributed by atoms with E-state index in [1.54, 1.807) is 0 Å². The van der Waals surface area contributed by atoms with Gasteiger partial charge in [0, 0.05) is 0 Å². The normalized spacial score (nSPS) is 23.8. The number of hydrazone groups is 2. The van der Waals surface area contributed by atoms with Crippen molar-refractivity contribution in [1.29, 1.82) is 0 Å². The third kappa shape index (κ3) is 4.63. The predicted octanol–water partition coefficient (Wildman–Crippen LogP) is 1.67. The quantitative estimate of drug-likeness (QED) is 0.474. The molecule has 3 rings (SSSR count). The van der Waals surface area contributed by atoms with Gasteiger partial charge in [-0.25, -0.2) is 0 Å². The van der Waals surface area contributed by atoms with E-state index in [-0.39, 0.29) is 6.61 Å². The summed E-state index contributed by atoms with van der Waals surface area (Å²) in [5.74, 6) is 0. The van der Waals surface area contributed by atoms with Gasteiger partial charge < -0.3 is 14.9 Å². The molecule has 0 bridgehead atoms. The molecule has 2 aromatic rings. The van der Waals surface area contributed by atoms with E-state index in [4.69, 9.17) is 4.74 Å². The summed E-state index contributed by atoms with van der Waals surface area (Å²) in [6.45, 7) is 0.0517. The zero-order valence-electron chi connectivity index (χ0n) is 13.5. The first-order valence-electron chi connectivity index (χ1n) is 7.94. The van der Waals surface area contributed by atoms with Crippen molar-refractivity contribution in [2.45, 2.75) is 18.3 Å². The first-order valence-corrected chi connectivity index (χ1v) is 7.94. The number of hydrogen-bond acceptors (Lipinski definition) is 7. The van der Waals surface area contributed by atoms with Crippen molar-refractivity contribution >= 4 is 23.3 Å². The Hall–Kier alpha value is -2.74. The smallest absolute Gasteiger partial charge is 0.131 e. The maximum atomic E-state index is 10.1. The Labute approximate surface area is 145 Å². The average Bonchev–Trinajstić information content (AvgIpc) is 2.99. The van der Waals surface area contributed by atoms with Crippen LogP contribution in [0.5, 0.6) is 0 Å². The van der Waals surface area contributed by atoms with Gasteiger partial charge in [-0.3, -0.25) is 10.9 Å². The second kappa shape index (κ2) is 8.39. The van der Waals surface area contributed by atoms with Crippen LogP contribution in [-0.2, 0) is 4.74 Å². The molecule has 0 saturated carbocycles. The molecule has 0 unspecified atom stereocenters. The van der Waals surface area contributed by atoms with Gasteiger partial charge in [0.15, 0.2) is 0 Å². The zero-order chi connectivity index (χ0) is 17.5. The average molecular weight is 340 g/mol. The fourth-order valence-electron chi connectivity index (χ4n) is 2.35. The van der Waals surface area contributed by atoms with Crippen molar-refractivity contribution < 1.29 is 14.9 Å². The van der Waals surface area contributed by atoms with E-state index in [0.717, 1.165) is 11.4 Å². The topological polar surface area (TPSA) is 98.5 Å². The molecule has 0 spiro atoms. The lowest BCUT2D eigenvalue weighted by atomic mass is 10.1. The second-order valence-corrected chi connectivity index (χ2v) is 5.56. The largest absolute Gasteiger partial charge is 0.388 e. The Morgan fingerprint density at radius 3 is 2.12 bits per heavy atom. The SMILES string of the molecule is O[C@@H]1[C@H](O)CO[C@@H]1C(/C=N/Nc1ccccc1)=N\Nc1ccccc1. The lowest BCUT2D eigenvalue weighted by Gasteiger charge is -2.15. The van der Waals surface area contributed by atoms with E-state index in [1.807, 2.05) is 60.7 Å². The van der Waals surface area contributed by atoms with Gasteiger partial charge in [-0.1, -0.05) is 36.4 Å². The van der Waals surface area contributed by atoms with E-state index in [9.17, 15) is 10.2 Å². The number of hydrogen-bond donors (Lipinski definition) is 4. The van der Waals surface area contributed by atoms with Crippen molar-refractivity contribution in [2.75, 3.05) is 17.5 Å². The van der Waals surface area contributed by atoms with Gasteiger partial charge >= 0.3 is 0 Å². The van der Waals surface area contributed by atoms with Crippen LogP contribution in [0.1, 0.15) is 0 Å². The number of benzene rings is 2. The second-order valence-electron chi connectivity index (χ2n) is 5.56. The van der Waals surface area contributed by atoms with E-state index in [2.05, 4.69) is 21.1 Å². The Kier molecular flexibility index (Phi) is 5.73. The van der Waals surface area contributed by atoms with E-state index >= 15 is 0 Å². The molecule has 0 aromatic heterocycles. The summed E-state index contributed by atoms with van der Waals surface area (Å²) in [4.78, 5) is 0. The standard InChI is InChI=1S/C18H20N4O3/c23-16-12-25-18(17(16)24)15(22-21-14-9-5-2-6-10-14)11-19-20-13-7-3-1-4-8-13/h1-11,16-18,20-21,23-24H,12H2/b19-11+,22-15-/t16-,17-,18-/m1/s1. The number of ether oxygens (including phenoxy) is 1. The summed E-state index contributed by atoms with van der Waals surface area (Å²) in [6.07, 6.45) is -1.29. The zero-order valence-corrected chi connectivity index (χ0v) is 13.5. The van der Waals surface area contributed by atoms with Crippen LogP contribution in [0.25, 0.3) is 0 Å². The minimum absolute atomic E-state index is 0.0517. The fraction of sp³-hybridized carbons (Fsp3) is 0.222. The van der Waals surface area contributed by atoms with Gasteiger partial charge in [-0.15, -0.1) is 0 Å². The van der Waals surface area contributed by atoms with Crippen LogP contribution in [0.4, 0.5) is 11.4 Å². The Morgan fingerprint density at radius 2 is 1.56 bits per heavy atom. The lowest BCUT2D eigenvalue weighted by Crippen LogP contribution is -2.37. The molecule has 1 heterocycles. The third-order valence-electron chi connectivity index (χ3n) is 3.69. The number of nitrogens with zero attached hydrogens (tertiary/aromatic N) is 2. The Bertz CT molecular complexity index is 722. The highest BCUT2D eigenvalue weighted by Crippen LogP contribution is 2.16. The number of nitrogens with one attached hydrogen (secondary N) is 2. The van der Waals surface area contributed by atoms with Gasteiger partial charge in [0.1, 0.15) is 24.0 Å². The van der Waals surface area contributed by atoms with Crippen LogP contribution in [0, 0.1) is 0 Å². The number of aliphatic hydroxyl groups is 2. The summed E-state index contributed by atoms with van der Waals surface area (Å²) in [7, 11) is 0. The molecule has 4 N–H and O–H groups in total. The van der Waals surface area contributed by atoms with Gasteiger partial charge in [0.2, 0.25) is 0 Å². The van der Waals surface area contributed by atoms with Crippen LogP contribution in [0.2, 0.25) is 0 Å². The van der Waals surface area contributed by atoms with Crippen molar-refractivity contribution in [2.24, 2.45) is 10.2 Å². The summed E-state index contributed by atoms with van der Waals surface area (Å²) >= 11 is 0. The highest BCUT2D eigenvalue weighted by molar-refractivity contribution is 6.33. The molecule has 1 aliphatic rings. The Morgan fingerprint density at radius 1 is 0.960 bits per heavy atom. The molecule has 130 valence electrons. The van der Waals surface area contributed by atoms with Crippen LogP contribution in [0.15, 0.2) is 70.9 Å². The molecule has 2 aromatic carbocycles. The van der Waals surface area contributed by atoms with Crippen LogP contribution >= 0.6 is 0 Å². The van der Waals surface area contributed by atoms with Crippen molar-refractivity contribution in [3.8, 4) is 0 Å². The summed E-state index contributed by atoms with van der Waals surface area (Å²) in [5, 5.41) is 28.2. The molecule has 1 saturated heterocycles. The van der Waals surface area contributed by atoms with Crippen molar-refractivity contribution in [3.63, 3.8) is 0 Å². The first-order chi connectivity index (χ1) is 12.2. The van der Waals surface area contributed by atoms with Crippen LogP contribution in [0.3, 0.4) is 0 Å². The maximum absolute atomic E-state index is 10.1. The minimum atomic E-state index is -1.06. The first kappa shape index (κ1) is 17.1. The lowest BCUT2D eigenvalue weighted by molar-refractivity contribution is 0.0476. The summed E-state index contributed by atoms with van der Waals surface area (Å²) < 4.78 is 5.44. The molecule has 0 amide bonds. The molecule has 1 fully saturated rings.